The van der Waals surface area contributed by atoms with Crippen LogP contribution in [0.4, 0.5) is 0 Å². The highest BCUT2D eigenvalue weighted by molar-refractivity contribution is 5.02. The molecule has 0 aromatic rings. The number of hydrogen-bond donors (Lipinski definition) is 0. The molecule has 0 aromatic carbocycles. The van der Waals surface area contributed by atoms with Crippen LogP contribution in [-0.4, -0.2) is 12.7 Å². The summed E-state index contributed by atoms with van der Waals surface area (Å²) < 4.78 is 5.51. The van der Waals surface area contributed by atoms with Gasteiger partial charge >= 0.3 is 0 Å². The molecule has 0 N–H and O–H groups in total. The fourth-order valence-electron chi connectivity index (χ4n) is 1.28. The molecule has 0 aromatic heterocycles. The van der Waals surface area contributed by atoms with Crippen LogP contribution in [0.15, 0.2) is 12.2 Å². The Morgan fingerprint density at radius 2 is 2.40 bits per heavy atom. The van der Waals surface area contributed by atoms with Gasteiger partial charge in [-0.3, -0.25) is 0 Å². The van der Waals surface area contributed by atoms with Crippen molar-refractivity contribution < 1.29 is 4.74 Å². The van der Waals surface area contributed by atoms with Crippen molar-refractivity contribution in [2.45, 2.75) is 32.8 Å². The van der Waals surface area contributed by atoms with Crippen LogP contribution in [0.1, 0.15) is 26.7 Å². The second-order valence-electron chi connectivity index (χ2n) is 3.14. The molecule has 1 fully saturated rings. The largest absolute Gasteiger partial charge is 0.374 e. The molecule has 0 radical (unpaired) electrons. The van der Waals surface area contributed by atoms with E-state index in [0.717, 1.165) is 19.4 Å². The van der Waals surface area contributed by atoms with E-state index < -0.39 is 0 Å². The van der Waals surface area contributed by atoms with Crippen LogP contribution in [0.25, 0.3) is 0 Å². The summed E-state index contributed by atoms with van der Waals surface area (Å²) in [4.78, 5) is 0. The molecule has 1 nitrogen and oxygen atoms in total. The predicted molar refractivity (Wildman–Crippen MR) is 43.0 cm³/mol. The Balaban J connectivity index is 2.40. The van der Waals surface area contributed by atoms with Crippen molar-refractivity contribution >= 4 is 0 Å². The molecule has 0 amide bonds. The smallest absolute Gasteiger partial charge is 0.0680 e. The van der Waals surface area contributed by atoms with Crippen molar-refractivity contribution in [3.05, 3.63) is 12.2 Å². The lowest BCUT2D eigenvalue weighted by atomic mass is 9.93. The monoisotopic (exact) mass is 140 g/mol. The van der Waals surface area contributed by atoms with E-state index in [1.807, 2.05) is 0 Å². The van der Waals surface area contributed by atoms with Crippen LogP contribution in [0.2, 0.25) is 0 Å². The first-order valence-corrected chi connectivity index (χ1v) is 4.03. The maximum Gasteiger partial charge on any atom is 0.0680 e. The van der Waals surface area contributed by atoms with E-state index in [-0.39, 0.29) is 0 Å². The zero-order valence-electron chi connectivity index (χ0n) is 6.89. The lowest BCUT2D eigenvalue weighted by Crippen LogP contribution is -2.25. The zero-order valence-corrected chi connectivity index (χ0v) is 6.89. The summed E-state index contributed by atoms with van der Waals surface area (Å²) in [7, 11) is 0. The third kappa shape index (κ3) is 1.60. The van der Waals surface area contributed by atoms with E-state index in [9.17, 15) is 0 Å². The van der Waals surface area contributed by atoms with Crippen LogP contribution >= 0.6 is 0 Å². The third-order valence-electron chi connectivity index (χ3n) is 2.27. The molecule has 0 spiro atoms. The van der Waals surface area contributed by atoms with Crippen LogP contribution < -0.4 is 0 Å². The van der Waals surface area contributed by atoms with Crippen molar-refractivity contribution in [1.29, 1.82) is 0 Å². The van der Waals surface area contributed by atoms with Gasteiger partial charge in [0.25, 0.3) is 0 Å². The van der Waals surface area contributed by atoms with Crippen LogP contribution in [0, 0.1) is 5.92 Å². The quantitative estimate of drug-likeness (QED) is 0.508. The van der Waals surface area contributed by atoms with Gasteiger partial charge in [0.1, 0.15) is 0 Å². The molecule has 0 bridgehead atoms. The van der Waals surface area contributed by atoms with Gasteiger partial charge in [-0.25, -0.2) is 0 Å². The maximum absolute atomic E-state index is 5.51. The zero-order chi connectivity index (χ0) is 7.56. The molecule has 10 heavy (non-hydrogen) atoms. The summed E-state index contributed by atoms with van der Waals surface area (Å²) in [5.74, 6) is 0.665. The molecule has 1 aliphatic rings. The van der Waals surface area contributed by atoms with Crippen molar-refractivity contribution in [2.24, 2.45) is 5.92 Å². The molecule has 1 heterocycles. The van der Waals surface area contributed by atoms with Crippen molar-refractivity contribution in [1.82, 2.24) is 0 Å². The number of ether oxygens (including phenoxy) is 1. The van der Waals surface area contributed by atoms with E-state index in [1.54, 1.807) is 0 Å². The van der Waals surface area contributed by atoms with Crippen molar-refractivity contribution in [2.75, 3.05) is 6.61 Å². The molecule has 1 unspecified atom stereocenters. The fourth-order valence-corrected chi connectivity index (χ4v) is 1.28. The van der Waals surface area contributed by atoms with E-state index in [4.69, 9.17) is 4.74 Å². The molecular weight excluding hydrogens is 124 g/mol. The Morgan fingerprint density at radius 3 is 2.90 bits per heavy atom. The number of rotatable bonds is 1. The second kappa shape index (κ2) is 3.20. The first kappa shape index (κ1) is 7.80. The highest BCUT2D eigenvalue weighted by Crippen LogP contribution is 2.24. The summed E-state index contributed by atoms with van der Waals surface area (Å²) in [6.45, 7) is 9.12. The van der Waals surface area contributed by atoms with Gasteiger partial charge in [-0.1, -0.05) is 20.4 Å². The Morgan fingerprint density at radius 1 is 1.70 bits per heavy atom. The van der Waals surface area contributed by atoms with E-state index in [1.165, 1.54) is 5.57 Å². The Kier molecular flexibility index (Phi) is 2.50. The van der Waals surface area contributed by atoms with Gasteiger partial charge in [0.2, 0.25) is 0 Å². The summed E-state index contributed by atoms with van der Waals surface area (Å²) in [6, 6.07) is 0. The lowest BCUT2D eigenvalue weighted by molar-refractivity contribution is 0.0249. The second-order valence-corrected chi connectivity index (χ2v) is 3.14. The van der Waals surface area contributed by atoms with E-state index >= 15 is 0 Å². The summed E-state index contributed by atoms with van der Waals surface area (Å²) >= 11 is 0. The van der Waals surface area contributed by atoms with Gasteiger partial charge in [-0.2, -0.15) is 0 Å². The SMILES string of the molecule is C=C1CO[C@@H](CC)CC1C. The molecule has 1 saturated heterocycles. The molecule has 1 heteroatoms. The molecule has 1 aliphatic heterocycles. The first-order chi connectivity index (χ1) is 4.74. The van der Waals surface area contributed by atoms with E-state index in [2.05, 4.69) is 20.4 Å². The fraction of sp³-hybridized carbons (Fsp3) is 0.778. The van der Waals surface area contributed by atoms with Crippen molar-refractivity contribution in [3.63, 3.8) is 0 Å². The topological polar surface area (TPSA) is 9.23 Å². The Bertz CT molecular complexity index is 129. The minimum atomic E-state index is 0.487. The van der Waals surface area contributed by atoms with Gasteiger partial charge in [0, 0.05) is 0 Å². The molecular formula is C9H16O. The normalized spacial score (nSPS) is 34.4. The molecule has 58 valence electrons. The summed E-state index contributed by atoms with van der Waals surface area (Å²) in [5.41, 5.74) is 1.25. The van der Waals surface area contributed by atoms with Crippen LogP contribution in [0.5, 0.6) is 0 Å². The predicted octanol–water partition coefficient (Wildman–Crippen LogP) is 2.38. The first-order valence-electron chi connectivity index (χ1n) is 4.03. The van der Waals surface area contributed by atoms with Gasteiger partial charge in [0.05, 0.1) is 12.7 Å². The Labute approximate surface area is 63.1 Å². The summed E-state index contributed by atoms with van der Waals surface area (Å²) in [5, 5.41) is 0. The van der Waals surface area contributed by atoms with Gasteiger partial charge in [-0.15, -0.1) is 0 Å². The molecule has 0 saturated carbocycles. The summed E-state index contributed by atoms with van der Waals surface area (Å²) in [6.07, 6.45) is 2.79. The third-order valence-corrected chi connectivity index (χ3v) is 2.27. The average Bonchev–Trinajstić information content (AvgIpc) is 1.95. The van der Waals surface area contributed by atoms with Crippen LogP contribution in [0.3, 0.4) is 0 Å². The van der Waals surface area contributed by atoms with Gasteiger partial charge < -0.3 is 4.74 Å². The average molecular weight is 140 g/mol. The minimum Gasteiger partial charge on any atom is -0.374 e. The Hall–Kier alpha value is -0.300. The highest BCUT2D eigenvalue weighted by Gasteiger charge is 2.19. The standard InChI is InChI=1S/C9H16O/c1-4-9-5-7(2)8(3)6-10-9/h7,9H,3-6H2,1-2H3/t7?,9-/m0/s1. The maximum atomic E-state index is 5.51. The molecule has 0 aliphatic carbocycles. The number of hydrogen-bond acceptors (Lipinski definition) is 1. The van der Waals surface area contributed by atoms with Crippen LogP contribution in [-0.2, 0) is 4.74 Å². The van der Waals surface area contributed by atoms with Gasteiger partial charge in [0.15, 0.2) is 0 Å². The van der Waals surface area contributed by atoms with Gasteiger partial charge in [-0.05, 0) is 24.3 Å². The highest BCUT2D eigenvalue weighted by atomic mass is 16.5. The molecule has 2 atom stereocenters. The minimum absolute atomic E-state index is 0.487. The lowest BCUT2D eigenvalue weighted by Gasteiger charge is -2.28. The van der Waals surface area contributed by atoms with Crippen molar-refractivity contribution in [3.8, 4) is 0 Å². The van der Waals surface area contributed by atoms with E-state index in [0.29, 0.717) is 12.0 Å². The molecule has 1 rings (SSSR count).